The van der Waals surface area contributed by atoms with Gasteiger partial charge < -0.3 is 33.0 Å². The Bertz CT molecular complexity index is 1070. The zero-order chi connectivity index (χ0) is 39.5. The first-order chi connectivity index (χ1) is 25.4. The zero-order valence-corrected chi connectivity index (χ0v) is 35.0. The average molecular weight is 770 g/mol. The quantitative estimate of drug-likeness (QED) is 0.0165. The van der Waals surface area contributed by atoms with Crippen molar-refractivity contribution in [1.29, 1.82) is 0 Å². The SMILES string of the molecule is CCCCC/C=C\C/C=C\C=C/C(O)C/C=C\CCCC(=O)OC(COC(=O)CCCCCCCCCCCCC)COP(=O)([O-])OCC[N+](C)(C)C. The lowest BCUT2D eigenvalue weighted by Crippen LogP contribution is -2.37. The number of phosphoric acid groups is 1. The molecule has 3 unspecified atom stereocenters. The second-order valence-electron chi connectivity index (χ2n) is 14.9. The number of allylic oxidation sites excluding steroid dienone is 6. The highest BCUT2D eigenvalue weighted by Gasteiger charge is 2.21. The second-order valence-corrected chi connectivity index (χ2v) is 16.3. The van der Waals surface area contributed by atoms with Crippen LogP contribution in [-0.2, 0) is 32.7 Å². The number of carbonyl (C=O) groups excluding carboxylic acids is 2. The maximum absolute atomic E-state index is 12.6. The van der Waals surface area contributed by atoms with Gasteiger partial charge in [-0.3, -0.25) is 14.2 Å². The topological polar surface area (TPSA) is 131 Å². The molecule has 0 aliphatic heterocycles. The van der Waals surface area contributed by atoms with Crippen LogP contribution in [0.3, 0.4) is 0 Å². The molecule has 0 aromatic rings. The van der Waals surface area contributed by atoms with Crippen LogP contribution in [0.25, 0.3) is 0 Å². The lowest BCUT2D eigenvalue weighted by atomic mass is 10.1. The van der Waals surface area contributed by atoms with Crippen molar-refractivity contribution in [3.05, 3.63) is 48.6 Å². The van der Waals surface area contributed by atoms with Crippen LogP contribution in [-0.4, -0.2) is 81.2 Å². The largest absolute Gasteiger partial charge is 0.756 e. The number of likely N-dealkylation sites (N-methyl/N-ethyl adjacent to an activating group) is 1. The van der Waals surface area contributed by atoms with E-state index < -0.39 is 38.6 Å². The molecule has 0 aromatic heterocycles. The Morgan fingerprint density at radius 1 is 0.698 bits per heavy atom. The molecular formula is C42H76NO9P. The fraction of sp³-hybridized carbons (Fsp3) is 0.762. The summed E-state index contributed by atoms with van der Waals surface area (Å²) < 4.78 is 33.6. The van der Waals surface area contributed by atoms with Crippen LogP contribution in [0.4, 0.5) is 0 Å². The third-order valence-corrected chi connectivity index (χ3v) is 9.40. The van der Waals surface area contributed by atoms with E-state index in [1.165, 1.54) is 64.2 Å². The van der Waals surface area contributed by atoms with Crippen LogP contribution in [0.5, 0.6) is 0 Å². The van der Waals surface area contributed by atoms with E-state index in [0.29, 0.717) is 36.7 Å². The van der Waals surface area contributed by atoms with Crippen molar-refractivity contribution >= 4 is 19.8 Å². The predicted octanol–water partition coefficient (Wildman–Crippen LogP) is 9.47. The van der Waals surface area contributed by atoms with Crippen molar-refractivity contribution in [2.45, 2.75) is 161 Å². The molecule has 0 aromatic carbocycles. The van der Waals surface area contributed by atoms with E-state index in [1.807, 2.05) is 45.4 Å². The third kappa shape index (κ3) is 38.0. The number of hydrogen-bond donors (Lipinski definition) is 1. The number of phosphoric ester groups is 1. The highest BCUT2D eigenvalue weighted by molar-refractivity contribution is 7.45. The monoisotopic (exact) mass is 770 g/mol. The van der Waals surface area contributed by atoms with Crippen molar-refractivity contribution in [3.8, 4) is 0 Å². The molecule has 308 valence electrons. The Kier molecular flexibility index (Phi) is 33.1. The van der Waals surface area contributed by atoms with Crippen molar-refractivity contribution in [3.63, 3.8) is 0 Å². The van der Waals surface area contributed by atoms with Gasteiger partial charge in [-0.15, -0.1) is 0 Å². The molecule has 53 heavy (non-hydrogen) atoms. The summed E-state index contributed by atoms with van der Waals surface area (Å²) in [5.41, 5.74) is 0. The van der Waals surface area contributed by atoms with Crippen molar-refractivity contribution < 1.29 is 47.2 Å². The van der Waals surface area contributed by atoms with E-state index in [4.69, 9.17) is 18.5 Å². The number of esters is 2. The number of aliphatic hydroxyl groups is 1. The van der Waals surface area contributed by atoms with Gasteiger partial charge in [-0.2, -0.15) is 0 Å². The van der Waals surface area contributed by atoms with Gasteiger partial charge in [0.2, 0.25) is 0 Å². The molecule has 0 spiro atoms. The number of unbranched alkanes of at least 4 members (excludes halogenated alkanes) is 14. The third-order valence-electron chi connectivity index (χ3n) is 8.43. The van der Waals surface area contributed by atoms with Gasteiger partial charge in [0.25, 0.3) is 7.82 Å². The normalized spacial score (nSPS) is 14.8. The van der Waals surface area contributed by atoms with E-state index in [9.17, 15) is 24.2 Å². The smallest absolute Gasteiger partial charge is 0.306 e. The van der Waals surface area contributed by atoms with E-state index >= 15 is 0 Å². The molecule has 0 saturated carbocycles. The van der Waals surface area contributed by atoms with Gasteiger partial charge >= 0.3 is 11.9 Å². The van der Waals surface area contributed by atoms with Gasteiger partial charge in [0.15, 0.2) is 6.10 Å². The minimum absolute atomic E-state index is 0.0579. The lowest BCUT2D eigenvalue weighted by Gasteiger charge is -2.28. The van der Waals surface area contributed by atoms with Gasteiger partial charge in [-0.1, -0.05) is 140 Å². The van der Waals surface area contributed by atoms with E-state index in [-0.39, 0.29) is 26.1 Å². The molecule has 1 N–H and O–H groups in total. The van der Waals surface area contributed by atoms with Crippen LogP contribution >= 0.6 is 7.82 Å². The molecule has 0 rings (SSSR count). The predicted molar refractivity (Wildman–Crippen MR) is 214 cm³/mol. The van der Waals surface area contributed by atoms with Crippen molar-refractivity contribution in [1.82, 2.24) is 0 Å². The number of nitrogens with zero attached hydrogens (tertiary/aromatic N) is 1. The van der Waals surface area contributed by atoms with Gasteiger partial charge in [0, 0.05) is 12.8 Å². The Hall–Kier alpha value is -2.07. The molecule has 3 atom stereocenters. The van der Waals surface area contributed by atoms with Crippen LogP contribution < -0.4 is 4.89 Å². The standard InChI is InChI=1S/C42H76NO9P/c1-6-8-10-12-14-16-18-20-22-24-29-33-41(45)49-37-40(38-51-53(47,48)50-36-35-43(3,4)5)52-42(46)34-30-26-25-28-32-39(44)31-27-23-21-19-17-15-13-11-9-7-2/h15,17,21,23,25,27-28,31,39-40,44H,6-14,16,18-20,22,24,26,29-30,32-38H2,1-5H3/b17-15-,23-21-,28-25-,31-27-. The first-order valence-corrected chi connectivity index (χ1v) is 21.9. The van der Waals surface area contributed by atoms with E-state index in [2.05, 4.69) is 32.1 Å². The Morgan fingerprint density at radius 3 is 1.94 bits per heavy atom. The second kappa shape index (κ2) is 34.4. The highest BCUT2D eigenvalue weighted by Crippen LogP contribution is 2.38. The van der Waals surface area contributed by atoms with Gasteiger partial charge in [0.05, 0.1) is 33.9 Å². The fourth-order valence-electron chi connectivity index (χ4n) is 5.14. The Morgan fingerprint density at radius 2 is 1.28 bits per heavy atom. The Labute approximate surface area is 323 Å². The summed E-state index contributed by atoms with van der Waals surface area (Å²) in [5, 5.41) is 10.2. The lowest BCUT2D eigenvalue weighted by molar-refractivity contribution is -0.870. The van der Waals surface area contributed by atoms with Crippen molar-refractivity contribution in [2.75, 3.05) is 47.5 Å². The number of aliphatic hydroxyl groups excluding tert-OH is 1. The zero-order valence-electron chi connectivity index (χ0n) is 34.1. The number of hydrogen-bond acceptors (Lipinski definition) is 9. The first-order valence-electron chi connectivity index (χ1n) is 20.5. The fourth-order valence-corrected chi connectivity index (χ4v) is 5.87. The number of quaternary nitrogens is 1. The summed E-state index contributed by atoms with van der Waals surface area (Å²) in [6.07, 6.45) is 34.5. The molecule has 0 aliphatic carbocycles. The van der Waals surface area contributed by atoms with E-state index in [0.717, 1.165) is 32.1 Å². The molecule has 0 radical (unpaired) electrons. The molecule has 11 heteroatoms. The number of carbonyl (C=O) groups is 2. The molecule has 10 nitrogen and oxygen atoms in total. The summed E-state index contributed by atoms with van der Waals surface area (Å²) in [6, 6.07) is 0. The number of rotatable bonds is 36. The maximum atomic E-state index is 12.6. The van der Waals surface area contributed by atoms with Crippen molar-refractivity contribution in [2.24, 2.45) is 0 Å². The Balaban J connectivity index is 4.60. The van der Waals surface area contributed by atoms with Crippen LogP contribution in [0, 0.1) is 0 Å². The first kappa shape index (κ1) is 50.9. The maximum Gasteiger partial charge on any atom is 0.306 e. The van der Waals surface area contributed by atoms with Crippen LogP contribution in [0.15, 0.2) is 48.6 Å². The molecule has 0 bridgehead atoms. The van der Waals surface area contributed by atoms with E-state index in [1.54, 1.807) is 6.08 Å². The minimum atomic E-state index is -4.66. The summed E-state index contributed by atoms with van der Waals surface area (Å²) in [6.45, 7) is 3.99. The van der Waals surface area contributed by atoms with Crippen LogP contribution in [0.1, 0.15) is 149 Å². The van der Waals surface area contributed by atoms with Gasteiger partial charge in [0.1, 0.15) is 19.8 Å². The summed E-state index contributed by atoms with van der Waals surface area (Å²) in [4.78, 5) is 37.4. The molecular weight excluding hydrogens is 693 g/mol. The molecule has 0 amide bonds. The molecule has 0 heterocycles. The van der Waals surface area contributed by atoms with Gasteiger partial charge in [-0.05, 0) is 44.9 Å². The minimum Gasteiger partial charge on any atom is -0.756 e. The molecule has 0 fully saturated rings. The summed E-state index contributed by atoms with van der Waals surface area (Å²) >= 11 is 0. The van der Waals surface area contributed by atoms with Gasteiger partial charge in [-0.25, -0.2) is 0 Å². The average Bonchev–Trinajstić information content (AvgIpc) is 3.10. The summed E-state index contributed by atoms with van der Waals surface area (Å²) in [7, 11) is 1.07. The highest BCUT2D eigenvalue weighted by atomic mass is 31.2. The number of ether oxygens (including phenoxy) is 2. The van der Waals surface area contributed by atoms with Crippen LogP contribution in [0.2, 0.25) is 0 Å². The molecule has 0 saturated heterocycles. The summed E-state index contributed by atoms with van der Waals surface area (Å²) in [5.74, 6) is -0.972. The molecule has 0 aliphatic rings.